The van der Waals surface area contributed by atoms with E-state index in [9.17, 15) is 4.79 Å². The van der Waals surface area contributed by atoms with Crippen molar-refractivity contribution in [3.63, 3.8) is 0 Å². The molecule has 1 aliphatic rings. The van der Waals surface area contributed by atoms with E-state index in [1.807, 2.05) is 0 Å². The van der Waals surface area contributed by atoms with E-state index in [0.717, 1.165) is 6.54 Å². The van der Waals surface area contributed by atoms with Gasteiger partial charge >= 0.3 is 0 Å². The van der Waals surface area contributed by atoms with E-state index in [0.29, 0.717) is 18.4 Å². The second-order valence-corrected chi connectivity index (χ2v) is 5.42. The second kappa shape index (κ2) is 7.70. The minimum absolute atomic E-state index is 0.191. The molecule has 0 aromatic carbocycles. The molecule has 1 unspecified atom stereocenters. The van der Waals surface area contributed by atoms with E-state index >= 15 is 0 Å². The maximum absolute atomic E-state index is 11.8. The summed E-state index contributed by atoms with van der Waals surface area (Å²) in [7, 11) is 0. The molecule has 1 fully saturated rings. The molecular weight excluding hydrogens is 212 g/mol. The normalized spacial score (nSPS) is 20.9. The Morgan fingerprint density at radius 3 is 2.47 bits per heavy atom. The van der Waals surface area contributed by atoms with Crippen molar-refractivity contribution in [2.24, 2.45) is 5.92 Å². The Hall–Kier alpha value is -0.570. The van der Waals surface area contributed by atoms with Crippen LogP contribution in [0.3, 0.4) is 0 Å². The lowest BCUT2D eigenvalue weighted by atomic mass is 9.84. The first-order valence-electron chi connectivity index (χ1n) is 7.16. The maximum atomic E-state index is 11.8. The third-order valence-corrected chi connectivity index (χ3v) is 3.79. The second-order valence-electron chi connectivity index (χ2n) is 5.42. The van der Waals surface area contributed by atoms with E-state index < -0.39 is 0 Å². The molecule has 1 amide bonds. The van der Waals surface area contributed by atoms with Gasteiger partial charge in [0, 0.05) is 18.5 Å². The predicted molar refractivity (Wildman–Crippen MR) is 71.9 cm³/mol. The number of hydrogen-bond donors (Lipinski definition) is 2. The molecule has 0 aromatic rings. The van der Waals surface area contributed by atoms with Crippen molar-refractivity contribution in [3.8, 4) is 0 Å². The van der Waals surface area contributed by atoms with Crippen LogP contribution in [0.15, 0.2) is 0 Å². The zero-order valence-electron chi connectivity index (χ0n) is 11.6. The summed E-state index contributed by atoms with van der Waals surface area (Å²) in [6.45, 7) is 7.21. The summed E-state index contributed by atoms with van der Waals surface area (Å²) in [5.41, 5.74) is 0. The highest BCUT2D eigenvalue weighted by Crippen LogP contribution is 2.26. The Morgan fingerprint density at radius 2 is 1.88 bits per heavy atom. The quantitative estimate of drug-likeness (QED) is 0.749. The van der Waals surface area contributed by atoms with Gasteiger partial charge in [0.15, 0.2) is 0 Å². The van der Waals surface area contributed by atoms with Gasteiger partial charge in [0.2, 0.25) is 5.91 Å². The SMILES string of the molecule is CCNC(C)CC(=O)N[C@@H](C)C1CCCCC1. The van der Waals surface area contributed by atoms with E-state index in [1.165, 1.54) is 32.1 Å². The standard InChI is InChI=1S/C14H28N2O/c1-4-15-11(2)10-14(17)16-12(3)13-8-6-5-7-9-13/h11-13,15H,4-10H2,1-3H3,(H,16,17)/t11?,12-/m0/s1. The monoisotopic (exact) mass is 240 g/mol. The van der Waals surface area contributed by atoms with Crippen LogP contribution in [-0.2, 0) is 4.79 Å². The summed E-state index contributed by atoms with van der Waals surface area (Å²) in [6.07, 6.45) is 7.19. The van der Waals surface area contributed by atoms with Gasteiger partial charge in [-0.3, -0.25) is 4.79 Å². The molecular formula is C14H28N2O. The zero-order chi connectivity index (χ0) is 12.7. The van der Waals surface area contributed by atoms with Crippen molar-refractivity contribution in [1.29, 1.82) is 0 Å². The minimum Gasteiger partial charge on any atom is -0.353 e. The zero-order valence-corrected chi connectivity index (χ0v) is 11.6. The summed E-state index contributed by atoms with van der Waals surface area (Å²) in [5, 5.41) is 6.43. The number of rotatable bonds is 6. The van der Waals surface area contributed by atoms with Crippen molar-refractivity contribution in [2.45, 2.75) is 71.4 Å². The number of nitrogens with one attached hydrogen (secondary N) is 2. The van der Waals surface area contributed by atoms with Crippen molar-refractivity contribution in [2.75, 3.05) is 6.54 Å². The van der Waals surface area contributed by atoms with Gasteiger partial charge in [-0.15, -0.1) is 0 Å². The fourth-order valence-corrected chi connectivity index (χ4v) is 2.76. The molecule has 0 bridgehead atoms. The van der Waals surface area contributed by atoms with Crippen LogP contribution in [0.1, 0.15) is 59.3 Å². The van der Waals surface area contributed by atoms with Gasteiger partial charge in [0.05, 0.1) is 0 Å². The highest BCUT2D eigenvalue weighted by molar-refractivity contribution is 5.76. The Bertz CT molecular complexity index is 224. The lowest BCUT2D eigenvalue weighted by molar-refractivity contribution is -0.122. The summed E-state index contributed by atoms with van der Waals surface area (Å²) in [6, 6.07) is 0.621. The van der Waals surface area contributed by atoms with Crippen LogP contribution in [0.25, 0.3) is 0 Å². The van der Waals surface area contributed by atoms with Crippen LogP contribution >= 0.6 is 0 Å². The average Bonchev–Trinajstić information content (AvgIpc) is 2.30. The number of carbonyl (C=O) groups excluding carboxylic acids is 1. The van der Waals surface area contributed by atoms with Gasteiger partial charge in [-0.2, -0.15) is 0 Å². The van der Waals surface area contributed by atoms with Gasteiger partial charge in [-0.1, -0.05) is 26.2 Å². The Morgan fingerprint density at radius 1 is 1.24 bits per heavy atom. The van der Waals surface area contributed by atoms with E-state index in [1.54, 1.807) is 0 Å². The molecule has 0 aliphatic heterocycles. The fourth-order valence-electron chi connectivity index (χ4n) is 2.76. The van der Waals surface area contributed by atoms with Crippen LogP contribution in [0.5, 0.6) is 0 Å². The number of amides is 1. The number of hydrogen-bond acceptors (Lipinski definition) is 2. The maximum Gasteiger partial charge on any atom is 0.221 e. The van der Waals surface area contributed by atoms with Crippen molar-refractivity contribution >= 4 is 5.91 Å². The molecule has 2 atom stereocenters. The molecule has 0 heterocycles. The lowest BCUT2D eigenvalue weighted by Gasteiger charge is -2.28. The largest absolute Gasteiger partial charge is 0.353 e. The smallest absolute Gasteiger partial charge is 0.221 e. The van der Waals surface area contributed by atoms with Crippen LogP contribution in [0.2, 0.25) is 0 Å². The third-order valence-electron chi connectivity index (χ3n) is 3.79. The molecule has 0 saturated heterocycles. The van der Waals surface area contributed by atoms with Crippen molar-refractivity contribution in [3.05, 3.63) is 0 Å². The highest BCUT2D eigenvalue weighted by Gasteiger charge is 2.21. The summed E-state index contributed by atoms with van der Waals surface area (Å²) >= 11 is 0. The van der Waals surface area contributed by atoms with Gasteiger partial charge in [0.25, 0.3) is 0 Å². The lowest BCUT2D eigenvalue weighted by Crippen LogP contribution is -2.41. The van der Waals surface area contributed by atoms with E-state index in [-0.39, 0.29) is 11.9 Å². The van der Waals surface area contributed by atoms with Gasteiger partial charge in [-0.05, 0) is 39.2 Å². The molecule has 1 saturated carbocycles. The summed E-state index contributed by atoms with van der Waals surface area (Å²) in [4.78, 5) is 11.8. The number of carbonyl (C=O) groups is 1. The van der Waals surface area contributed by atoms with Crippen LogP contribution in [0, 0.1) is 5.92 Å². The molecule has 1 aliphatic carbocycles. The third kappa shape index (κ3) is 5.53. The molecule has 3 nitrogen and oxygen atoms in total. The molecule has 100 valence electrons. The highest BCUT2D eigenvalue weighted by atomic mass is 16.1. The Labute approximate surface area is 106 Å². The topological polar surface area (TPSA) is 41.1 Å². The van der Waals surface area contributed by atoms with Crippen LogP contribution in [0.4, 0.5) is 0 Å². The van der Waals surface area contributed by atoms with Gasteiger partial charge in [0.1, 0.15) is 0 Å². The van der Waals surface area contributed by atoms with Crippen molar-refractivity contribution in [1.82, 2.24) is 10.6 Å². The Kier molecular flexibility index (Phi) is 6.56. The van der Waals surface area contributed by atoms with Gasteiger partial charge in [-0.25, -0.2) is 0 Å². The summed E-state index contributed by atoms with van der Waals surface area (Å²) < 4.78 is 0. The molecule has 17 heavy (non-hydrogen) atoms. The Balaban J connectivity index is 2.24. The first-order valence-corrected chi connectivity index (χ1v) is 7.16. The minimum atomic E-state index is 0.191. The molecule has 0 aromatic heterocycles. The summed E-state index contributed by atoms with van der Waals surface area (Å²) in [5.74, 6) is 0.888. The average molecular weight is 240 g/mol. The van der Waals surface area contributed by atoms with Crippen LogP contribution < -0.4 is 10.6 Å². The van der Waals surface area contributed by atoms with E-state index in [4.69, 9.17) is 0 Å². The molecule has 0 spiro atoms. The fraction of sp³-hybridized carbons (Fsp3) is 0.929. The van der Waals surface area contributed by atoms with Crippen molar-refractivity contribution < 1.29 is 4.79 Å². The van der Waals surface area contributed by atoms with Gasteiger partial charge < -0.3 is 10.6 Å². The molecule has 0 radical (unpaired) electrons. The molecule has 1 rings (SSSR count). The first-order chi connectivity index (χ1) is 8.13. The molecule has 3 heteroatoms. The van der Waals surface area contributed by atoms with E-state index in [2.05, 4.69) is 31.4 Å². The first kappa shape index (κ1) is 14.5. The molecule has 2 N–H and O–H groups in total. The van der Waals surface area contributed by atoms with Crippen LogP contribution in [-0.4, -0.2) is 24.5 Å². The predicted octanol–water partition coefficient (Wildman–Crippen LogP) is 2.46.